The number of amides is 1. The van der Waals surface area contributed by atoms with E-state index in [-0.39, 0.29) is 16.4 Å². The van der Waals surface area contributed by atoms with Crippen LogP contribution in [0.3, 0.4) is 0 Å². The average Bonchev–Trinajstić information content (AvgIpc) is 2.84. The smallest absolute Gasteiger partial charge is 0.275 e. The van der Waals surface area contributed by atoms with E-state index in [9.17, 15) is 13.2 Å². The molecule has 102 valence electrons. The van der Waals surface area contributed by atoms with Gasteiger partial charge >= 0.3 is 0 Å². The summed E-state index contributed by atoms with van der Waals surface area (Å²) in [6.45, 7) is 0. The first-order valence-corrected chi connectivity index (χ1v) is 6.69. The molecule has 2 rings (SSSR count). The molecule has 10 heteroatoms. The van der Waals surface area contributed by atoms with Crippen molar-refractivity contribution in [1.29, 1.82) is 0 Å². The highest BCUT2D eigenvalue weighted by molar-refractivity contribution is 7.89. The lowest BCUT2D eigenvalue weighted by Gasteiger charge is -2.03. The molecule has 19 heavy (non-hydrogen) atoms. The zero-order valence-corrected chi connectivity index (χ0v) is 11.0. The molecule has 9 nitrogen and oxygen atoms in total. The van der Waals surface area contributed by atoms with Crippen LogP contribution in [-0.4, -0.2) is 33.9 Å². The molecule has 0 aromatic carbocycles. The maximum atomic E-state index is 11.9. The molecule has 0 atom stereocenters. The monoisotopic (exact) mass is 284 g/mol. The summed E-state index contributed by atoms with van der Waals surface area (Å²) in [7, 11) is -0.844. The fraction of sp³-hybridized carbons (Fsp3) is 0.222. The first kappa shape index (κ1) is 13.2. The van der Waals surface area contributed by atoms with Crippen LogP contribution in [0.15, 0.2) is 23.4 Å². The van der Waals surface area contributed by atoms with Crippen LogP contribution in [0.5, 0.6) is 0 Å². The normalized spacial score (nSPS) is 11.5. The number of aromatic nitrogens is 4. The van der Waals surface area contributed by atoms with E-state index >= 15 is 0 Å². The van der Waals surface area contributed by atoms with Gasteiger partial charge in [0.25, 0.3) is 5.91 Å². The van der Waals surface area contributed by atoms with Crippen LogP contribution < -0.4 is 10.5 Å². The van der Waals surface area contributed by atoms with E-state index < -0.39 is 15.9 Å². The Morgan fingerprint density at radius 2 is 2.11 bits per heavy atom. The highest BCUT2D eigenvalue weighted by atomic mass is 32.2. The predicted octanol–water partition coefficient (Wildman–Crippen LogP) is -0.947. The van der Waals surface area contributed by atoms with Crippen molar-refractivity contribution in [3.8, 4) is 0 Å². The van der Waals surface area contributed by atoms with Crippen LogP contribution in [0, 0.1) is 0 Å². The van der Waals surface area contributed by atoms with Gasteiger partial charge < -0.3 is 5.32 Å². The molecular weight excluding hydrogens is 272 g/mol. The minimum atomic E-state index is -3.96. The quantitative estimate of drug-likeness (QED) is 0.752. The van der Waals surface area contributed by atoms with Gasteiger partial charge in [-0.05, 0) is 6.07 Å². The van der Waals surface area contributed by atoms with E-state index in [1.165, 1.54) is 34.9 Å². The number of hydrogen-bond donors (Lipinski definition) is 2. The third-order valence-corrected chi connectivity index (χ3v) is 3.30. The van der Waals surface area contributed by atoms with E-state index in [0.717, 1.165) is 0 Å². The molecule has 0 radical (unpaired) electrons. The van der Waals surface area contributed by atoms with Crippen molar-refractivity contribution < 1.29 is 13.2 Å². The summed E-state index contributed by atoms with van der Waals surface area (Å²) in [4.78, 5) is 11.7. The number of nitrogens with one attached hydrogen (secondary N) is 1. The Morgan fingerprint density at radius 1 is 1.42 bits per heavy atom. The van der Waals surface area contributed by atoms with Gasteiger partial charge in [-0.25, -0.2) is 13.6 Å². The van der Waals surface area contributed by atoms with E-state index in [0.29, 0.717) is 0 Å². The fourth-order valence-electron chi connectivity index (χ4n) is 1.53. The number of sulfonamides is 1. The fourth-order valence-corrected chi connectivity index (χ4v) is 2.19. The number of hydrogen-bond acceptors (Lipinski definition) is 5. The van der Waals surface area contributed by atoms with Crippen LogP contribution in [0.2, 0.25) is 0 Å². The lowest BCUT2D eigenvalue weighted by Crippen LogP contribution is -2.19. The van der Waals surface area contributed by atoms with E-state index in [4.69, 9.17) is 5.14 Å². The first-order chi connectivity index (χ1) is 8.79. The molecule has 0 aliphatic carbocycles. The minimum absolute atomic E-state index is 0.115. The first-order valence-electron chi connectivity index (χ1n) is 5.15. The summed E-state index contributed by atoms with van der Waals surface area (Å²) in [6.07, 6.45) is 2.67. The molecule has 2 heterocycles. The number of nitrogens with zero attached hydrogens (tertiary/aromatic N) is 4. The van der Waals surface area contributed by atoms with Crippen molar-refractivity contribution >= 4 is 21.7 Å². The van der Waals surface area contributed by atoms with Gasteiger partial charge in [-0.2, -0.15) is 10.2 Å². The van der Waals surface area contributed by atoms with Crippen LogP contribution in [-0.2, 0) is 24.1 Å². The summed E-state index contributed by atoms with van der Waals surface area (Å²) in [5.41, 5.74) is 0.269. The number of carbonyl (C=O) groups is 1. The van der Waals surface area contributed by atoms with E-state index in [1.807, 2.05) is 0 Å². The maximum absolute atomic E-state index is 11.9. The lowest BCUT2D eigenvalue weighted by atomic mass is 10.4. The highest BCUT2D eigenvalue weighted by Crippen LogP contribution is 2.17. The zero-order chi connectivity index (χ0) is 14.2. The molecule has 0 spiro atoms. The topological polar surface area (TPSA) is 125 Å². The molecule has 0 saturated carbocycles. The average molecular weight is 284 g/mol. The number of anilines is 1. The molecule has 2 aromatic rings. The van der Waals surface area contributed by atoms with Crippen molar-refractivity contribution in [3.05, 3.63) is 24.2 Å². The van der Waals surface area contributed by atoms with Gasteiger partial charge in [0, 0.05) is 26.5 Å². The van der Waals surface area contributed by atoms with Gasteiger partial charge in [0.2, 0.25) is 10.0 Å². The summed E-state index contributed by atoms with van der Waals surface area (Å²) >= 11 is 0. The van der Waals surface area contributed by atoms with Crippen LogP contribution in [0.1, 0.15) is 10.5 Å². The van der Waals surface area contributed by atoms with Gasteiger partial charge in [0.05, 0.1) is 0 Å². The standard InChI is InChI=1S/C9H12N6O3S/c1-14-5-7(19(10,17)18)8(13-14)12-9(16)6-3-4-11-15(6)2/h3-5H,1-2H3,(H2,10,17,18)(H,12,13,16). The van der Waals surface area contributed by atoms with Crippen molar-refractivity contribution in [2.24, 2.45) is 19.2 Å². The Bertz CT molecular complexity index is 729. The molecular formula is C9H12N6O3S. The second-order valence-electron chi connectivity index (χ2n) is 3.85. The number of carbonyl (C=O) groups excluding carboxylic acids is 1. The van der Waals surface area contributed by atoms with Crippen LogP contribution in [0.4, 0.5) is 5.82 Å². The van der Waals surface area contributed by atoms with Gasteiger partial charge in [-0.1, -0.05) is 0 Å². The van der Waals surface area contributed by atoms with Crippen LogP contribution in [0.25, 0.3) is 0 Å². The summed E-state index contributed by atoms with van der Waals surface area (Å²) in [5.74, 6) is -0.639. The zero-order valence-electron chi connectivity index (χ0n) is 10.2. The third kappa shape index (κ3) is 2.63. The molecule has 3 N–H and O–H groups in total. The Kier molecular flexibility index (Phi) is 3.12. The molecule has 0 unspecified atom stereocenters. The van der Waals surface area contributed by atoms with Gasteiger partial charge in [-0.15, -0.1) is 0 Å². The summed E-state index contributed by atoms with van der Waals surface area (Å²) in [5, 5.41) is 15.1. The van der Waals surface area contributed by atoms with Crippen molar-refractivity contribution in [1.82, 2.24) is 19.6 Å². The third-order valence-electron chi connectivity index (χ3n) is 2.39. The van der Waals surface area contributed by atoms with Gasteiger partial charge in [-0.3, -0.25) is 14.2 Å². The Morgan fingerprint density at radius 3 is 2.63 bits per heavy atom. The molecule has 0 bridgehead atoms. The summed E-state index contributed by atoms with van der Waals surface area (Å²) in [6, 6.07) is 1.49. The number of nitrogens with two attached hydrogens (primary N) is 1. The minimum Gasteiger partial charge on any atom is -0.303 e. The molecule has 0 aliphatic heterocycles. The number of primary sulfonamides is 1. The number of aryl methyl sites for hydroxylation is 2. The molecule has 0 aliphatic rings. The van der Waals surface area contributed by atoms with Crippen LogP contribution >= 0.6 is 0 Å². The second kappa shape index (κ2) is 4.48. The summed E-state index contributed by atoms with van der Waals surface area (Å²) < 4.78 is 25.3. The second-order valence-corrected chi connectivity index (χ2v) is 5.38. The highest BCUT2D eigenvalue weighted by Gasteiger charge is 2.21. The molecule has 0 fully saturated rings. The lowest BCUT2D eigenvalue weighted by molar-refractivity contribution is 0.101. The van der Waals surface area contributed by atoms with Crippen molar-refractivity contribution in [3.63, 3.8) is 0 Å². The van der Waals surface area contributed by atoms with E-state index in [1.54, 1.807) is 7.05 Å². The molecule has 1 amide bonds. The predicted molar refractivity (Wildman–Crippen MR) is 65.7 cm³/mol. The van der Waals surface area contributed by atoms with Gasteiger partial charge in [0.1, 0.15) is 10.6 Å². The van der Waals surface area contributed by atoms with Crippen molar-refractivity contribution in [2.45, 2.75) is 4.90 Å². The Balaban J connectivity index is 2.35. The maximum Gasteiger partial charge on any atom is 0.275 e. The molecule has 2 aromatic heterocycles. The Labute approximate surface area is 109 Å². The largest absolute Gasteiger partial charge is 0.303 e. The Hall–Kier alpha value is -2.20. The van der Waals surface area contributed by atoms with E-state index in [2.05, 4.69) is 15.5 Å². The van der Waals surface area contributed by atoms with Crippen molar-refractivity contribution in [2.75, 3.05) is 5.32 Å². The number of rotatable bonds is 3. The SMILES string of the molecule is Cn1cc(S(N)(=O)=O)c(NC(=O)c2ccnn2C)n1. The molecule has 0 saturated heterocycles. The van der Waals surface area contributed by atoms with Gasteiger partial charge in [0.15, 0.2) is 5.82 Å².